The Kier molecular flexibility index (Phi) is 7.43. The Hall–Kier alpha value is -2.10. The van der Waals surface area contributed by atoms with E-state index in [9.17, 15) is 4.79 Å². The minimum atomic E-state index is -0.237. The highest BCUT2D eigenvalue weighted by molar-refractivity contribution is 9.10. The third kappa shape index (κ3) is 4.96. The molecule has 0 amide bonds. The van der Waals surface area contributed by atoms with Gasteiger partial charge in [-0.15, -0.1) is 0 Å². The van der Waals surface area contributed by atoms with Gasteiger partial charge in [0.05, 0.1) is 30.8 Å². The van der Waals surface area contributed by atoms with E-state index in [2.05, 4.69) is 46.0 Å². The van der Waals surface area contributed by atoms with Crippen LogP contribution >= 0.6 is 15.9 Å². The molecule has 1 aliphatic rings. The van der Waals surface area contributed by atoms with Gasteiger partial charge >= 0.3 is 5.97 Å². The van der Waals surface area contributed by atoms with Gasteiger partial charge in [-0.2, -0.15) is 4.98 Å². The Labute approximate surface area is 161 Å². The number of hydrogen-bond donors (Lipinski definition) is 1. The van der Waals surface area contributed by atoms with Gasteiger partial charge < -0.3 is 24.6 Å². The molecule has 0 saturated carbocycles. The molecule has 1 unspecified atom stereocenters. The Morgan fingerprint density at radius 2 is 2.08 bits per heavy atom. The Morgan fingerprint density at radius 1 is 1.38 bits per heavy atom. The lowest BCUT2D eigenvalue weighted by atomic mass is 10.2. The van der Waals surface area contributed by atoms with Crippen molar-refractivity contribution < 1.29 is 14.3 Å². The Balaban J connectivity index is 1.91. The van der Waals surface area contributed by atoms with Crippen LogP contribution in [0.15, 0.2) is 15.7 Å². The van der Waals surface area contributed by atoms with Gasteiger partial charge in [0.2, 0.25) is 11.8 Å². The predicted molar refractivity (Wildman–Crippen MR) is 103 cm³/mol. The van der Waals surface area contributed by atoms with Gasteiger partial charge in [-0.3, -0.25) is 9.79 Å². The summed E-state index contributed by atoms with van der Waals surface area (Å²) in [6.45, 7) is 5.37. The first kappa shape index (κ1) is 20.2. The molecule has 10 heteroatoms. The first-order chi connectivity index (χ1) is 12.5. The summed E-state index contributed by atoms with van der Waals surface area (Å²) in [5.41, 5.74) is 0. The molecule has 1 saturated heterocycles. The number of aliphatic imine (C=N–C) groups is 1. The predicted octanol–water partition coefficient (Wildman–Crippen LogP) is 0.754. The summed E-state index contributed by atoms with van der Waals surface area (Å²) in [4.78, 5) is 28.9. The molecule has 26 heavy (non-hydrogen) atoms. The van der Waals surface area contributed by atoms with Crippen LogP contribution in [0.2, 0.25) is 0 Å². The third-order valence-corrected chi connectivity index (χ3v) is 4.68. The molecule has 1 aromatic heterocycles. The topological polar surface area (TPSA) is 92.2 Å². The number of hydrogen-bond acceptors (Lipinski definition) is 7. The van der Waals surface area contributed by atoms with E-state index in [4.69, 9.17) is 9.47 Å². The van der Waals surface area contributed by atoms with E-state index >= 15 is 0 Å². The van der Waals surface area contributed by atoms with Gasteiger partial charge in [0.25, 0.3) is 0 Å². The third-order valence-electron chi connectivity index (χ3n) is 4.14. The fourth-order valence-electron chi connectivity index (χ4n) is 2.62. The minimum Gasteiger partial charge on any atom is -0.480 e. The fourth-order valence-corrected chi connectivity index (χ4v) is 2.97. The molecule has 1 aliphatic heterocycles. The van der Waals surface area contributed by atoms with Crippen molar-refractivity contribution in [1.82, 2.24) is 20.2 Å². The van der Waals surface area contributed by atoms with Crippen LogP contribution in [0.25, 0.3) is 0 Å². The van der Waals surface area contributed by atoms with Gasteiger partial charge in [0, 0.05) is 39.8 Å². The zero-order valence-electron chi connectivity index (χ0n) is 15.5. The first-order valence-corrected chi connectivity index (χ1v) is 9.14. The summed E-state index contributed by atoms with van der Waals surface area (Å²) < 4.78 is 10.7. The lowest BCUT2D eigenvalue weighted by Crippen LogP contribution is -2.53. The zero-order valence-corrected chi connectivity index (χ0v) is 17.1. The molecular formula is C16H25BrN6O3. The zero-order chi connectivity index (χ0) is 19.1. The molecule has 2 heterocycles. The number of rotatable bonds is 5. The monoisotopic (exact) mass is 428 g/mol. The molecule has 0 radical (unpaired) electrons. The summed E-state index contributed by atoms with van der Waals surface area (Å²) in [6, 6.07) is 0. The number of piperazine rings is 1. The molecule has 144 valence electrons. The SMILES string of the molecule is CN=C(NCC(C)C(=O)OC)N1CCN(c2ncc(Br)c(OC)n2)CC1. The number of nitrogens with one attached hydrogen (secondary N) is 1. The summed E-state index contributed by atoms with van der Waals surface area (Å²) >= 11 is 3.36. The van der Waals surface area contributed by atoms with Gasteiger partial charge in [-0.1, -0.05) is 6.92 Å². The highest BCUT2D eigenvalue weighted by Crippen LogP contribution is 2.23. The van der Waals surface area contributed by atoms with Gasteiger partial charge in [0.1, 0.15) is 0 Å². The van der Waals surface area contributed by atoms with E-state index < -0.39 is 0 Å². The molecule has 0 bridgehead atoms. The van der Waals surface area contributed by atoms with E-state index in [-0.39, 0.29) is 11.9 Å². The van der Waals surface area contributed by atoms with E-state index in [0.717, 1.165) is 36.6 Å². The quantitative estimate of drug-likeness (QED) is 0.417. The van der Waals surface area contributed by atoms with Crippen molar-refractivity contribution in [2.45, 2.75) is 6.92 Å². The molecular weight excluding hydrogens is 404 g/mol. The van der Waals surface area contributed by atoms with Crippen LogP contribution in [-0.4, -0.2) is 80.8 Å². The molecule has 1 fully saturated rings. The van der Waals surface area contributed by atoms with E-state index in [1.54, 1.807) is 20.4 Å². The maximum atomic E-state index is 11.5. The van der Waals surface area contributed by atoms with Crippen molar-refractivity contribution in [3.8, 4) is 5.88 Å². The van der Waals surface area contributed by atoms with Crippen molar-refractivity contribution in [2.75, 3.05) is 58.9 Å². The maximum absolute atomic E-state index is 11.5. The summed E-state index contributed by atoms with van der Waals surface area (Å²) in [5, 5.41) is 3.23. The second kappa shape index (κ2) is 9.56. The number of methoxy groups -OCH3 is 2. The minimum absolute atomic E-state index is 0.235. The van der Waals surface area contributed by atoms with E-state index in [1.165, 1.54) is 7.11 Å². The fraction of sp³-hybridized carbons (Fsp3) is 0.625. The van der Waals surface area contributed by atoms with Crippen LogP contribution in [0.1, 0.15) is 6.92 Å². The first-order valence-electron chi connectivity index (χ1n) is 8.35. The molecule has 0 aliphatic carbocycles. The summed E-state index contributed by atoms with van der Waals surface area (Å²) in [5.74, 6) is 1.47. The Bertz CT molecular complexity index is 649. The van der Waals surface area contributed by atoms with Crippen LogP contribution in [0, 0.1) is 5.92 Å². The largest absolute Gasteiger partial charge is 0.480 e. The number of ether oxygens (including phenoxy) is 2. The molecule has 0 spiro atoms. The number of guanidine groups is 1. The van der Waals surface area contributed by atoms with Crippen molar-refractivity contribution in [3.05, 3.63) is 10.7 Å². The number of esters is 1. The average molecular weight is 429 g/mol. The molecule has 0 aromatic carbocycles. The second-order valence-electron chi connectivity index (χ2n) is 5.85. The number of halogens is 1. The van der Waals surface area contributed by atoms with Crippen molar-refractivity contribution in [1.29, 1.82) is 0 Å². The van der Waals surface area contributed by atoms with Crippen LogP contribution in [0.3, 0.4) is 0 Å². The number of nitrogens with zero attached hydrogens (tertiary/aromatic N) is 5. The maximum Gasteiger partial charge on any atom is 0.310 e. The number of aromatic nitrogens is 2. The van der Waals surface area contributed by atoms with E-state index in [1.807, 2.05) is 6.92 Å². The van der Waals surface area contributed by atoms with Crippen LogP contribution in [0.5, 0.6) is 5.88 Å². The number of anilines is 1. The molecule has 9 nitrogen and oxygen atoms in total. The van der Waals surface area contributed by atoms with Gasteiger partial charge in [-0.05, 0) is 15.9 Å². The Morgan fingerprint density at radius 3 is 2.65 bits per heavy atom. The highest BCUT2D eigenvalue weighted by Gasteiger charge is 2.23. The van der Waals surface area contributed by atoms with Crippen molar-refractivity contribution >= 4 is 33.8 Å². The van der Waals surface area contributed by atoms with Crippen LogP contribution < -0.4 is 15.0 Å². The standard InChI is InChI=1S/C16H25BrN6O3/c1-11(14(24)26-4)9-19-15(18-2)22-5-7-23(8-6-22)16-20-10-12(17)13(21-16)25-3/h10-11H,5-9H2,1-4H3,(H,18,19). The normalized spacial score (nSPS) is 16.3. The van der Waals surface area contributed by atoms with Crippen LogP contribution in [-0.2, 0) is 9.53 Å². The molecule has 1 atom stereocenters. The lowest BCUT2D eigenvalue weighted by molar-refractivity contribution is -0.144. The molecule has 1 N–H and O–H groups in total. The molecule has 2 rings (SSSR count). The van der Waals surface area contributed by atoms with Gasteiger partial charge in [0.15, 0.2) is 5.96 Å². The number of carbonyl (C=O) groups excluding carboxylic acids is 1. The second-order valence-corrected chi connectivity index (χ2v) is 6.71. The smallest absolute Gasteiger partial charge is 0.310 e. The van der Waals surface area contributed by atoms with Gasteiger partial charge in [-0.25, -0.2) is 4.98 Å². The van der Waals surface area contributed by atoms with Crippen molar-refractivity contribution in [2.24, 2.45) is 10.9 Å². The average Bonchev–Trinajstić information content (AvgIpc) is 2.68. The van der Waals surface area contributed by atoms with E-state index in [0.29, 0.717) is 18.4 Å². The summed E-state index contributed by atoms with van der Waals surface area (Å²) in [6.07, 6.45) is 1.70. The molecule has 1 aromatic rings. The highest BCUT2D eigenvalue weighted by atomic mass is 79.9. The van der Waals surface area contributed by atoms with Crippen molar-refractivity contribution in [3.63, 3.8) is 0 Å². The number of carbonyl (C=O) groups is 1. The summed E-state index contributed by atoms with van der Waals surface area (Å²) in [7, 11) is 4.71. The van der Waals surface area contributed by atoms with Crippen LogP contribution in [0.4, 0.5) is 5.95 Å². The lowest BCUT2D eigenvalue weighted by Gasteiger charge is -2.36.